The second-order valence-corrected chi connectivity index (χ2v) is 7.97. The zero-order chi connectivity index (χ0) is 14.8. The van der Waals surface area contributed by atoms with Gasteiger partial charge in [0.15, 0.2) is 0 Å². The summed E-state index contributed by atoms with van der Waals surface area (Å²) in [5, 5.41) is 12.2. The zero-order valence-corrected chi connectivity index (χ0v) is 13.2. The number of nitriles is 1. The van der Waals surface area contributed by atoms with E-state index < -0.39 is 5.92 Å². The normalized spacial score (nSPS) is 23.7. The molecule has 0 bridgehead atoms. The van der Waals surface area contributed by atoms with Crippen molar-refractivity contribution in [2.24, 2.45) is 22.7 Å². The lowest BCUT2D eigenvalue weighted by Gasteiger charge is -2.45. The highest BCUT2D eigenvalue weighted by Crippen LogP contribution is 2.45. The molecule has 1 N–H and O–H groups in total. The van der Waals surface area contributed by atoms with Crippen LogP contribution in [0, 0.1) is 34.0 Å². The summed E-state index contributed by atoms with van der Waals surface area (Å²) in [5.41, 5.74) is 0.499. The molecular formula is C16H28N2O. The van der Waals surface area contributed by atoms with Crippen LogP contribution in [0.1, 0.15) is 60.8 Å². The summed E-state index contributed by atoms with van der Waals surface area (Å²) < 4.78 is 0. The molecule has 1 unspecified atom stereocenters. The van der Waals surface area contributed by atoms with Crippen LogP contribution in [0.3, 0.4) is 0 Å². The van der Waals surface area contributed by atoms with Gasteiger partial charge in [-0.3, -0.25) is 4.79 Å². The van der Waals surface area contributed by atoms with Crippen molar-refractivity contribution in [2.75, 3.05) is 0 Å². The second kappa shape index (κ2) is 5.53. The predicted octanol–water partition coefficient (Wildman–Crippen LogP) is 3.50. The standard InChI is InChI=1S/C16H28N2O/c1-11(2)13(9-17)14(19)18-12-7-15(3,4)10-16(5,6)8-12/h11-13H,7-8,10H2,1-6H3,(H,18,19). The largest absolute Gasteiger partial charge is 0.352 e. The average molecular weight is 264 g/mol. The summed E-state index contributed by atoms with van der Waals surface area (Å²) in [6, 6.07) is 2.32. The lowest BCUT2D eigenvalue weighted by atomic mass is 9.63. The molecule has 1 amide bonds. The Kier molecular flexibility index (Phi) is 4.66. The minimum Gasteiger partial charge on any atom is -0.352 e. The van der Waals surface area contributed by atoms with Crippen molar-refractivity contribution >= 4 is 5.91 Å². The molecule has 108 valence electrons. The molecule has 0 radical (unpaired) electrons. The Morgan fingerprint density at radius 3 is 2.05 bits per heavy atom. The zero-order valence-electron chi connectivity index (χ0n) is 13.2. The number of rotatable bonds is 3. The highest BCUT2D eigenvalue weighted by molar-refractivity contribution is 5.81. The third-order valence-corrected chi connectivity index (χ3v) is 3.99. The van der Waals surface area contributed by atoms with E-state index in [0.717, 1.165) is 12.8 Å². The molecule has 0 saturated heterocycles. The fourth-order valence-corrected chi connectivity index (χ4v) is 3.75. The first-order valence-corrected chi connectivity index (χ1v) is 7.26. The Bertz CT molecular complexity index is 361. The van der Waals surface area contributed by atoms with E-state index in [1.165, 1.54) is 6.42 Å². The molecule has 1 aliphatic rings. The highest BCUT2D eigenvalue weighted by atomic mass is 16.1. The Morgan fingerprint density at radius 1 is 1.21 bits per heavy atom. The minimum atomic E-state index is -0.534. The van der Waals surface area contributed by atoms with Crippen LogP contribution < -0.4 is 5.32 Å². The van der Waals surface area contributed by atoms with E-state index >= 15 is 0 Å². The van der Waals surface area contributed by atoms with E-state index in [9.17, 15) is 4.79 Å². The van der Waals surface area contributed by atoms with Crippen molar-refractivity contribution in [1.29, 1.82) is 5.26 Å². The maximum Gasteiger partial charge on any atom is 0.237 e. The van der Waals surface area contributed by atoms with Crippen LogP contribution in [0.15, 0.2) is 0 Å². The molecule has 3 heteroatoms. The number of carbonyl (C=O) groups is 1. The van der Waals surface area contributed by atoms with Gasteiger partial charge in [-0.1, -0.05) is 41.5 Å². The van der Waals surface area contributed by atoms with Crippen molar-refractivity contribution in [2.45, 2.75) is 66.8 Å². The van der Waals surface area contributed by atoms with Gasteiger partial charge in [0, 0.05) is 6.04 Å². The van der Waals surface area contributed by atoms with Crippen LogP contribution in [0.2, 0.25) is 0 Å². The summed E-state index contributed by atoms with van der Waals surface area (Å²) in [7, 11) is 0. The van der Waals surface area contributed by atoms with Gasteiger partial charge in [0.05, 0.1) is 6.07 Å². The van der Waals surface area contributed by atoms with Gasteiger partial charge >= 0.3 is 0 Å². The monoisotopic (exact) mass is 264 g/mol. The van der Waals surface area contributed by atoms with Crippen molar-refractivity contribution in [3.63, 3.8) is 0 Å². The first-order valence-electron chi connectivity index (χ1n) is 7.26. The van der Waals surface area contributed by atoms with Crippen molar-refractivity contribution < 1.29 is 4.79 Å². The van der Waals surface area contributed by atoms with E-state index in [1.54, 1.807) is 0 Å². The van der Waals surface area contributed by atoms with Crippen LogP contribution in [-0.4, -0.2) is 11.9 Å². The van der Waals surface area contributed by atoms with Crippen molar-refractivity contribution in [3.05, 3.63) is 0 Å². The molecule has 0 spiro atoms. The number of carbonyl (C=O) groups excluding carboxylic acids is 1. The van der Waals surface area contributed by atoms with Crippen LogP contribution in [0.5, 0.6) is 0 Å². The summed E-state index contributed by atoms with van der Waals surface area (Å²) in [6.45, 7) is 12.9. The topological polar surface area (TPSA) is 52.9 Å². The van der Waals surface area contributed by atoms with Gasteiger partial charge in [0.1, 0.15) is 5.92 Å². The molecule has 1 fully saturated rings. The SMILES string of the molecule is CC(C)C(C#N)C(=O)NC1CC(C)(C)CC(C)(C)C1. The quantitative estimate of drug-likeness (QED) is 0.848. The van der Waals surface area contributed by atoms with E-state index in [1.807, 2.05) is 13.8 Å². The number of hydrogen-bond acceptors (Lipinski definition) is 2. The lowest BCUT2D eigenvalue weighted by Crippen LogP contribution is -2.48. The predicted molar refractivity (Wildman–Crippen MR) is 77.3 cm³/mol. The van der Waals surface area contributed by atoms with E-state index in [0.29, 0.717) is 0 Å². The third kappa shape index (κ3) is 4.53. The van der Waals surface area contributed by atoms with Crippen molar-refractivity contribution in [1.82, 2.24) is 5.32 Å². The molecule has 1 rings (SSSR count). The maximum atomic E-state index is 12.2. The fraction of sp³-hybridized carbons (Fsp3) is 0.875. The number of nitrogens with zero attached hydrogens (tertiary/aromatic N) is 1. The number of amides is 1. The Labute approximate surface area is 117 Å². The Morgan fingerprint density at radius 2 is 1.68 bits per heavy atom. The van der Waals surface area contributed by atoms with Crippen LogP contribution >= 0.6 is 0 Å². The van der Waals surface area contributed by atoms with Gasteiger partial charge in [0.25, 0.3) is 0 Å². The maximum absolute atomic E-state index is 12.2. The van der Waals surface area contributed by atoms with E-state index in [-0.39, 0.29) is 28.7 Å². The van der Waals surface area contributed by atoms with Gasteiger partial charge in [0.2, 0.25) is 5.91 Å². The van der Waals surface area contributed by atoms with Crippen LogP contribution in [0.25, 0.3) is 0 Å². The molecule has 0 aromatic carbocycles. The lowest BCUT2D eigenvalue weighted by molar-refractivity contribution is -0.126. The van der Waals surface area contributed by atoms with Crippen molar-refractivity contribution in [3.8, 4) is 6.07 Å². The summed E-state index contributed by atoms with van der Waals surface area (Å²) in [6.07, 6.45) is 3.18. The molecule has 19 heavy (non-hydrogen) atoms. The molecule has 0 heterocycles. The molecular weight excluding hydrogens is 236 g/mol. The molecule has 0 aliphatic heterocycles. The number of hydrogen-bond donors (Lipinski definition) is 1. The Balaban J connectivity index is 2.72. The van der Waals surface area contributed by atoms with Gasteiger partial charge in [-0.2, -0.15) is 5.26 Å². The van der Waals surface area contributed by atoms with Crippen LogP contribution in [0.4, 0.5) is 0 Å². The first kappa shape index (κ1) is 16.0. The molecule has 3 nitrogen and oxygen atoms in total. The first-order chi connectivity index (χ1) is 8.56. The minimum absolute atomic E-state index is 0.0645. The smallest absolute Gasteiger partial charge is 0.237 e. The van der Waals surface area contributed by atoms with Gasteiger partial charge in [-0.15, -0.1) is 0 Å². The van der Waals surface area contributed by atoms with Gasteiger partial charge in [-0.25, -0.2) is 0 Å². The molecule has 1 aliphatic carbocycles. The third-order valence-electron chi connectivity index (χ3n) is 3.99. The highest BCUT2D eigenvalue weighted by Gasteiger charge is 2.39. The average Bonchev–Trinajstić information content (AvgIpc) is 2.11. The second-order valence-electron chi connectivity index (χ2n) is 7.97. The van der Waals surface area contributed by atoms with Gasteiger partial charge < -0.3 is 5.32 Å². The van der Waals surface area contributed by atoms with Gasteiger partial charge in [-0.05, 0) is 36.0 Å². The van der Waals surface area contributed by atoms with Crippen LogP contribution in [-0.2, 0) is 4.79 Å². The summed E-state index contributed by atoms with van der Waals surface area (Å²) >= 11 is 0. The fourth-order valence-electron chi connectivity index (χ4n) is 3.75. The van der Waals surface area contributed by atoms with E-state index in [2.05, 4.69) is 39.1 Å². The molecule has 0 aromatic rings. The summed E-state index contributed by atoms with van der Waals surface area (Å²) in [5.74, 6) is -0.571. The molecule has 0 aromatic heterocycles. The molecule has 1 atom stereocenters. The molecule has 1 saturated carbocycles. The Hall–Kier alpha value is -1.04. The summed E-state index contributed by atoms with van der Waals surface area (Å²) in [4.78, 5) is 12.2. The van der Waals surface area contributed by atoms with E-state index in [4.69, 9.17) is 5.26 Å². The number of nitrogens with one attached hydrogen (secondary N) is 1.